The quantitative estimate of drug-likeness (QED) is 0.666. The second kappa shape index (κ2) is 7.33. The molecule has 1 aromatic carbocycles. The summed E-state index contributed by atoms with van der Waals surface area (Å²) in [5.41, 5.74) is 4.35. The zero-order valence-electron chi connectivity index (χ0n) is 15.7. The monoisotopic (exact) mass is 377 g/mol. The van der Waals surface area contributed by atoms with Gasteiger partial charge in [-0.1, -0.05) is 18.2 Å². The van der Waals surface area contributed by atoms with Crippen LogP contribution in [0.2, 0.25) is 0 Å². The number of hydrogen-bond acceptors (Lipinski definition) is 6. The van der Waals surface area contributed by atoms with E-state index in [1.54, 1.807) is 6.20 Å². The molecule has 1 saturated heterocycles. The van der Waals surface area contributed by atoms with Gasteiger partial charge in [0.2, 0.25) is 0 Å². The number of nitrogens with one attached hydrogen (secondary N) is 1. The number of benzene rings is 1. The van der Waals surface area contributed by atoms with E-state index >= 15 is 0 Å². The van der Waals surface area contributed by atoms with E-state index < -0.39 is 0 Å². The molecule has 1 aliphatic carbocycles. The minimum Gasteiger partial charge on any atom is -0.379 e. The van der Waals surface area contributed by atoms with Gasteiger partial charge in [0.05, 0.1) is 25.1 Å². The van der Waals surface area contributed by atoms with Crippen LogP contribution in [-0.2, 0) is 11.3 Å². The number of ether oxygens (including phenoxy) is 1. The van der Waals surface area contributed by atoms with Gasteiger partial charge in [-0.2, -0.15) is 0 Å². The van der Waals surface area contributed by atoms with E-state index in [1.807, 2.05) is 10.6 Å². The van der Waals surface area contributed by atoms with Gasteiger partial charge >= 0.3 is 0 Å². The first-order valence-corrected chi connectivity index (χ1v) is 9.79. The first kappa shape index (κ1) is 17.3. The summed E-state index contributed by atoms with van der Waals surface area (Å²) in [4.78, 5) is 23.1. The standard InChI is InChI=1S/C21H23N5O2/c27-14-18-11-22-21-20(23-17-4-5-17)24-19(13-26(18)21)16-3-1-2-15(10-16)12-25-6-8-28-9-7-25/h1-3,10-11,13-14,17H,4-9,12H2,(H,23,24). The van der Waals surface area contributed by atoms with Crippen LogP contribution in [0.4, 0.5) is 5.82 Å². The Labute approximate surface area is 163 Å². The lowest BCUT2D eigenvalue weighted by atomic mass is 10.1. The third-order valence-electron chi connectivity index (χ3n) is 5.29. The lowest BCUT2D eigenvalue weighted by molar-refractivity contribution is 0.0342. The molecule has 1 N–H and O–H groups in total. The fraction of sp³-hybridized carbons (Fsp3) is 0.381. The summed E-state index contributed by atoms with van der Waals surface area (Å²) in [6, 6.07) is 8.92. The van der Waals surface area contributed by atoms with E-state index in [9.17, 15) is 4.79 Å². The van der Waals surface area contributed by atoms with E-state index in [2.05, 4.69) is 39.5 Å². The molecule has 1 saturated carbocycles. The Morgan fingerprint density at radius 3 is 2.89 bits per heavy atom. The summed E-state index contributed by atoms with van der Waals surface area (Å²) in [5.74, 6) is 0.742. The van der Waals surface area contributed by atoms with Crippen molar-refractivity contribution in [2.75, 3.05) is 31.6 Å². The molecular weight excluding hydrogens is 354 g/mol. The minimum atomic E-state index is 0.454. The van der Waals surface area contributed by atoms with Crippen LogP contribution < -0.4 is 5.32 Å². The van der Waals surface area contributed by atoms with Crippen LogP contribution in [0.25, 0.3) is 16.9 Å². The molecule has 5 rings (SSSR count). The molecule has 2 aliphatic rings. The molecule has 2 aromatic heterocycles. The summed E-state index contributed by atoms with van der Waals surface area (Å²) in [6.07, 6.45) is 6.63. The molecule has 0 bridgehead atoms. The van der Waals surface area contributed by atoms with Gasteiger partial charge in [0.25, 0.3) is 0 Å². The van der Waals surface area contributed by atoms with Crippen molar-refractivity contribution in [3.05, 3.63) is 47.9 Å². The summed E-state index contributed by atoms with van der Waals surface area (Å²) in [5, 5.41) is 3.45. The van der Waals surface area contributed by atoms with Crippen LogP contribution in [0.15, 0.2) is 36.7 Å². The number of carbonyl (C=O) groups excluding carboxylic acids is 1. The zero-order chi connectivity index (χ0) is 18.9. The van der Waals surface area contributed by atoms with Crippen LogP contribution >= 0.6 is 0 Å². The Morgan fingerprint density at radius 1 is 1.25 bits per heavy atom. The number of morpholine rings is 1. The number of aldehydes is 1. The van der Waals surface area contributed by atoms with Crippen molar-refractivity contribution in [2.45, 2.75) is 25.4 Å². The van der Waals surface area contributed by atoms with Crippen molar-refractivity contribution >= 4 is 17.8 Å². The van der Waals surface area contributed by atoms with E-state index in [1.165, 1.54) is 5.56 Å². The number of hydrogen-bond donors (Lipinski definition) is 1. The highest BCUT2D eigenvalue weighted by Gasteiger charge is 2.24. The van der Waals surface area contributed by atoms with Crippen LogP contribution in [0, 0.1) is 0 Å². The van der Waals surface area contributed by atoms with Crippen LogP contribution in [0.1, 0.15) is 28.9 Å². The van der Waals surface area contributed by atoms with Crippen molar-refractivity contribution in [3.63, 3.8) is 0 Å². The molecule has 7 heteroatoms. The number of nitrogens with zero attached hydrogens (tertiary/aromatic N) is 4. The minimum absolute atomic E-state index is 0.454. The topological polar surface area (TPSA) is 71.8 Å². The molecule has 0 atom stereocenters. The highest BCUT2D eigenvalue weighted by atomic mass is 16.5. The molecule has 7 nitrogen and oxygen atoms in total. The molecule has 0 radical (unpaired) electrons. The van der Waals surface area contributed by atoms with Crippen LogP contribution in [0.5, 0.6) is 0 Å². The fourth-order valence-corrected chi connectivity index (χ4v) is 3.60. The largest absolute Gasteiger partial charge is 0.379 e. The number of anilines is 1. The SMILES string of the molecule is O=Cc1cnc2c(NC3CC3)nc(-c3cccc(CN4CCOCC4)c3)cn12. The predicted molar refractivity (Wildman–Crippen MR) is 107 cm³/mol. The van der Waals surface area contributed by atoms with Gasteiger partial charge < -0.3 is 10.1 Å². The van der Waals surface area contributed by atoms with Crippen LogP contribution in [0.3, 0.4) is 0 Å². The predicted octanol–water partition coefficient (Wildman–Crippen LogP) is 2.62. The molecule has 1 aliphatic heterocycles. The van der Waals surface area contributed by atoms with Crippen molar-refractivity contribution in [2.24, 2.45) is 0 Å². The van der Waals surface area contributed by atoms with Gasteiger partial charge in [0.15, 0.2) is 17.8 Å². The summed E-state index contributed by atoms with van der Waals surface area (Å²) in [7, 11) is 0. The molecule has 2 fully saturated rings. The normalized spacial score (nSPS) is 17.7. The van der Waals surface area contributed by atoms with Crippen molar-refractivity contribution in [1.82, 2.24) is 19.3 Å². The average molecular weight is 377 g/mol. The van der Waals surface area contributed by atoms with E-state index in [4.69, 9.17) is 9.72 Å². The highest BCUT2D eigenvalue weighted by Crippen LogP contribution is 2.29. The maximum atomic E-state index is 11.4. The first-order chi connectivity index (χ1) is 13.8. The van der Waals surface area contributed by atoms with Crippen molar-refractivity contribution in [1.29, 1.82) is 0 Å². The van der Waals surface area contributed by atoms with Gasteiger partial charge in [-0.15, -0.1) is 0 Å². The third-order valence-corrected chi connectivity index (χ3v) is 5.29. The Morgan fingerprint density at radius 2 is 2.11 bits per heavy atom. The molecule has 28 heavy (non-hydrogen) atoms. The third kappa shape index (κ3) is 3.50. The number of rotatable bonds is 6. The van der Waals surface area contributed by atoms with Gasteiger partial charge in [-0.3, -0.25) is 14.1 Å². The Hall–Kier alpha value is -2.77. The van der Waals surface area contributed by atoms with E-state index in [0.29, 0.717) is 17.4 Å². The summed E-state index contributed by atoms with van der Waals surface area (Å²) < 4.78 is 7.27. The fourth-order valence-electron chi connectivity index (χ4n) is 3.60. The second-order valence-electron chi connectivity index (χ2n) is 7.48. The van der Waals surface area contributed by atoms with Crippen molar-refractivity contribution in [3.8, 4) is 11.3 Å². The Balaban J connectivity index is 1.51. The average Bonchev–Trinajstić information content (AvgIpc) is 3.45. The smallest absolute Gasteiger partial charge is 0.180 e. The molecule has 144 valence electrons. The maximum Gasteiger partial charge on any atom is 0.180 e. The van der Waals surface area contributed by atoms with Gasteiger partial charge in [0.1, 0.15) is 5.69 Å². The second-order valence-corrected chi connectivity index (χ2v) is 7.48. The van der Waals surface area contributed by atoms with Gasteiger partial charge in [-0.05, 0) is 24.5 Å². The van der Waals surface area contributed by atoms with Crippen molar-refractivity contribution < 1.29 is 9.53 Å². The van der Waals surface area contributed by atoms with E-state index in [0.717, 1.165) is 69.1 Å². The number of aromatic nitrogens is 3. The molecule has 3 aromatic rings. The zero-order valence-corrected chi connectivity index (χ0v) is 15.7. The summed E-state index contributed by atoms with van der Waals surface area (Å²) >= 11 is 0. The number of imidazole rings is 1. The lowest BCUT2D eigenvalue weighted by Crippen LogP contribution is -2.35. The van der Waals surface area contributed by atoms with E-state index in [-0.39, 0.29) is 0 Å². The van der Waals surface area contributed by atoms with Gasteiger partial charge in [-0.25, -0.2) is 9.97 Å². The highest BCUT2D eigenvalue weighted by molar-refractivity contribution is 5.78. The number of carbonyl (C=O) groups is 1. The molecule has 3 heterocycles. The molecule has 0 amide bonds. The Kier molecular flexibility index (Phi) is 4.54. The molecule has 0 spiro atoms. The molecular formula is C21H23N5O2. The van der Waals surface area contributed by atoms with Gasteiger partial charge in [0, 0.05) is 37.4 Å². The maximum absolute atomic E-state index is 11.4. The van der Waals surface area contributed by atoms with Crippen LogP contribution in [-0.4, -0.2) is 57.9 Å². The summed E-state index contributed by atoms with van der Waals surface area (Å²) in [6.45, 7) is 4.41. The lowest BCUT2D eigenvalue weighted by Gasteiger charge is -2.26. The number of fused-ring (bicyclic) bond motifs is 1. The molecule has 0 unspecified atom stereocenters. The first-order valence-electron chi connectivity index (χ1n) is 9.79. The Bertz CT molecular complexity index is 1010.